The number of quaternary nitrogens is 1. The van der Waals surface area contributed by atoms with Crippen molar-refractivity contribution in [2.24, 2.45) is 0 Å². The van der Waals surface area contributed by atoms with Gasteiger partial charge in [-0.15, -0.1) is 0 Å². The smallest absolute Gasteiger partial charge is 0.398 e. The average Bonchev–Trinajstić information content (AvgIpc) is 2.74. The van der Waals surface area contributed by atoms with E-state index in [1.807, 2.05) is 0 Å². The highest BCUT2D eigenvalue weighted by Gasteiger charge is 2.49. The molecule has 1 fully saturated rings. The molecule has 1 aliphatic rings. The molecule has 0 aromatic heterocycles. The van der Waals surface area contributed by atoms with E-state index in [0.29, 0.717) is 0 Å². The average molecular weight is 469 g/mol. The largest absolute Gasteiger partial charge is 0.560 e. The van der Waals surface area contributed by atoms with Crippen LogP contribution < -0.4 is 4.84 Å². The van der Waals surface area contributed by atoms with E-state index >= 15 is 0 Å². The van der Waals surface area contributed by atoms with Crippen LogP contribution >= 0.6 is 11.6 Å². The minimum absolute atomic E-state index is 0.159. The van der Waals surface area contributed by atoms with Crippen molar-refractivity contribution in [3.8, 4) is 5.75 Å². The molecule has 11 heteroatoms. The zero-order valence-corrected chi connectivity index (χ0v) is 16.9. The number of carbonyl (C=O) groups excluding carboxylic acids is 1. The van der Waals surface area contributed by atoms with E-state index in [1.165, 1.54) is 19.1 Å². The number of amides is 1. The Morgan fingerprint density at radius 2 is 1.42 bits per heavy atom. The van der Waals surface area contributed by atoms with E-state index in [0.717, 1.165) is 5.56 Å². The second kappa shape index (κ2) is 8.96. The van der Waals surface area contributed by atoms with Crippen molar-refractivity contribution in [2.75, 3.05) is 13.1 Å². The monoisotopic (exact) mass is 468 g/mol. The lowest BCUT2D eigenvalue weighted by atomic mass is 9.89. The molecule has 1 atom stereocenters. The van der Waals surface area contributed by atoms with Crippen LogP contribution in [-0.2, 0) is 4.74 Å². The number of ether oxygens (including phenoxy) is 1. The fourth-order valence-corrected chi connectivity index (χ4v) is 3.52. The van der Waals surface area contributed by atoms with Gasteiger partial charge in [0.2, 0.25) is 29.1 Å². The van der Waals surface area contributed by atoms with E-state index in [2.05, 4.69) is 0 Å². The van der Waals surface area contributed by atoms with Gasteiger partial charge in [0.15, 0.2) is 5.56 Å². The van der Waals surface area contributed by atoms with Crippen LogP contribution in [0.1, 0.15) is 31.2 Å². The van der Waals surface area contributed by atoms with Crippen LogP contribution in [0.4, 0.5) is 31.1 Å². The molecule has 1 heterocycles. The Labute approximate surface area is 178 Å². The first-order valence-corrected chi connectivity index (χ1v) is 9.68. The van der Waals surface area contributed by atoms with E-state index in [4.69, 9.17) is 21.2 Å². The molecule has 168 valence electrons. The summed E-state index contributed by atoms with van der Waals surface area (Å²) in [7, 11) is 0. The van der Waals surface area contributed by atoms with Crippen LogP contribution in [0.3, 0.4) is 0 Å². The van der Waals surface area contributed by atoms with Gasteiger partial charge in [0.05, 0.1) is 0 Å². The lowest BCUT2D eigenvalue weighted by Gasteiger charge is -2.37. The molecule has 0 N–H and O–H groups in total. The number of rotatable bonds is 4. The lowest BCUT2D eigenvalue weighted by Crippen LogP contribution is -2.59. The van der Waals surface area contributed by atoms with Crippen molar-refractivity contribution in [3.05, 3.63) is 64.7 Å². The first-order valence-electron chi connectivity index (χ1n) is 9.24. The number of halogens is 7. The number of nitrogens with zero attached hydrogens (tertiary/aromatic N) is 1. The summed E-state index contributed by atoms with van der Waals surface area (Å²) in [4.78, 5) is 17.8. The van der Waals surface area contributed by atoms with E-state index in [-0.39, 0.29) is 31.8 Å². The normalized spacial score (nSPS) is 22.1. The summed E-state index contributed by atoms with van der Waals surface area (Å²) in [5.74, 6) is -13.3. The van der Waals surface area contributed by atoms with Crippen molar-refractivity contribution >= 4 is 17.7 Å². The first kappa shape index (κ1) is 23.2. The molecule has 1 aliphatic heterocycles. The predicted molar refractivity (Wildman–Crippen MR) is 97.0 cm³/mol. The Hall–Kier alpha value is -2.46. The van der Waals surface area contributed by atoms with Crippen molar-refractivity contribution < 1.29 is 45.4 Å². The summed E-state index contributed by atoms with van der Waals surface area (Å²) in [6.07, 6.45) is -0.719. The third kappa shape index (κ3) is 4.59. The number of hydrogen-bond acceptors (Lipinski definition) is 3. The molecular formula is C20H17ClF6NO3+. The third-order valence-corrected chi connectivity index (χ3v) is 5.14. The topological polar surface area (TPSA) is 35.5 Å². The van der Waals surface area contributed by atoms with Crippen molar-refractivity contribution in [3.63, 3.8) is 0 Å². The van der Waals surface area contributed by atoms with Crippen molar-refractivity contribution in [1.29, 1.82) is 0 Å². The third-order valence-electron chi connectivity index (χ3n) is 5.05. The molecule has 4 nitrogen and oxygen atoms in total. The van der Waals surface area contributed by atoms with Crippen LogP contribution in [0, 0.1) is 34.9 Å². The summed E-state index contributed by atoms with van der Waals surface area (Å²) in [5.41, 5.74) is -0.383. The Kier molecular flexibility index (Phi) is 6.70. The number of piperidine rings is 1. The zero-order valence-electron chi connectivity index (χ0n) is 16.1. The highest BCUT2D eigenvalue weighted by molar-refractivity contribution is 6.19. The maximum absolute atomic E-state index is 14.2. The summed E-state index contributed by atoms with van der Waals surface area (Å²) < 4.78 is 85.7. The number of benzene rings is 2. The summed E-state index contributed by atoms with van der Waals surface area (Å²) in [5, 5.41) is 0. The minimum atomic E-state index is -2.35. The molecule has 3 rings (SSSR count). The number of carbonyl (C=O) groups is 1. The molecular weight excluding hydrogens is 452 g/mol. The Morgan fingerprint density at radius 1 is 0.935 bits per heavy atom. The van der Waals surface area contributed by atoms with E-state index < -0.39 is 57.0 Å². The Morgan fingerprint density at radius 3 is 1.90 bits per heavy atom. The number of hydroxylamine groups is 3. The molecule has 0 bridgehead atoms. The maximum atomic E-state index is 14.2. The highest BCUT2D eigenvalue weighted by atomic mass is 35.5. The summed E-state index contributed by atoms with van der Waals surface area (Å²) >= 11 is 5.67. The first-order chi connectivity index (χ1) is 14.6. The summed E-state index contributed by atoms with van der Waals surface area (Å²) in [6.45, 7) is 0.869. The maximum Gasteiger partial charge on any atom is 0.560 e. The van der Waals surface area contributed by atoms with Gasteiger partial charge in [0.1, 0.15) is 18.9 Å². The van der Waals surface area contributed by atoms with Gasteiger partial charge in [-0.1, -0.05) is 23.7 Å². The molecule has 1 saturated heterocycles. The number of alkyl halides is 1. The van der Waals surface area contributed by atoms with E-state index in [1.54, 1.807) is 12.1 Å². The SMILES string of the molecule is CC(Cl)OC(=O)[N+]1(Oc2c(F)c(F)c(F)c(F)c2F)CCC(c2ccc(F)cc2)CC1. The molecule has 1 amide bonds. The van der Waals surface area contributed by atoms with Crippen LogP contribution in [0.25, 0.3) is 0 Å². The van der Waals surface area contributed by atoms with Gasteiger partial charge in [-0.2, -0.15) is 13.6 Å². The zero-order chi connectivity index (χ0) is 22.9. The quantitative estimate of drug-likeness (QED) is 0.183. The van der Waals surface area contributed by atoms with Crippen molar-refractivity contribution in [1.82, 2.24) is 0 Å². The standard InChI is InChI=1S/C20H17ClF6NO3/c1-10(21)30-20(29)28(31-19-17(26)15(24)14(23)16(25)18(19)27)8-6-12(7-9-28)11-2-4-13(22)5-3-11/h2-5,10,12H,6-9H2,1H3/q+1. The molecule has 2 aromatic carbocycles. The van der Waals surface area contributed by atoms with Crippen LogP contribution in [-0.4, -0.2) is 29.4 Å². The lowest BCUT2D eigenvalue weighted by molar-refractivity contribution is -1.02. The van der Waals surface area contributed by atoms with Crippen molar-refractivity contribution in [2.45, 2.75) is 31.2 Å². The van der Waals surface area contributed by atoms with Gasteiger partial charge < -0.3 is 4.74 Å². The Balaban J connectivity index is 1.94. The van der Waals surface area contributed by atoms with Gasteiger partial charge in [0.25, 0.3) is 5.75 Å². The van der Waals surface area contributed by atoms with Crippen LogP contribution in [0.15, 0.2) is 24.3 Å². The van der Waals surface area contributed by atoms with Crippen LogP contribution in [0.5, 0.6) is 5.75 Å². The van der Waals surface area contributed by atoms with Gasteiger partial charge in [-0.3, -0.25) is 4.84 Å². The van der Waals surface area contributed by atoms with Crippen LogP contribution in [0.2, 0.25) is 0 Å². The fourth-order valence-electron chi connectivity index (χ4n) is 3.44. The highest BCUT2D eigenvalue weighted by Crippen LogP contribution is 2.37. The summed E-state index contributed by atoms with van der Waals surface area (Å²) in [6, 6.07) is 5.65. The number of hydrogen-bond donors (Lipinski definition) is 0. The molecule has 1 unspecified atom stereocenters. The van der Waals surface area contributed by atoms with E-state index in [9.17, 15) is 31.1 Å². The van der Waals surface area contributed by atoms with Gasteiger partial charge in [-0.05, 0) is 35.2 Å². The molecule has 0 spiro atoms. The second-order valence-electron chi connectivity index (χ2n) is 7.08. The second-order valence-corrected chi connectivity index (χ2v) is 7.69. The molecule has 0 saturated carbocycles. The number of likely N-dealkylation sites (tertiary alicyclic amines) is 1. The van der Waals surface area contributed by atoms with Gasteiger partial charge in [0, 0.05) is 12.8 Å². The minimum Gasteiger partial charge on any atom is -0.398 e. The van der Waals surface area contributed by atoms with Gasteiger partial charge in [-0.25, -0.2) is 17.6 Å². The van der Waals surface area contributed by atoms with Gasteiger partial charge >= 0.3 is 6.09 Å². The molecule has 31 heavy (non-hydrogen) atoms. The Bertz CT molecular complexity index is 949. The molecule has 2 aromatic rings. The molecule has 0 aliphatic carbocycles. The molecule has 0 radical (unpaired) electrons. The predicted octanol–water partition coefficient (Wildman–Crippen LogP) is 5.93. The fraction of sp³-hybridized carbons (Fsp3) is 0.350.